The minimum absolute atomic E-state index is 0.0358. The van der Waals surface area contributed by atoms with Crippen LogP contribution in [0, 0.1) is 0 Å². The van der Waals surface area contributed by atoms with Crippen LogP contribution in [0.4, 0.5) is 5.82 Å². The molecule has 1 atom stereocenters. The van der Waals surface area contributed by atoms with E-state index >= 15 is 0 Å². The smallest absolute Gasteiger partial charge is 0.255 e. The van der Waals surface area contributed by atoms with E-state index in [1.54, 1.807) is 12.3 Å². The molecule has 1 aromatic carbocycles. The van der Waals surface area contributed by atoms with Gasteiger partial charge < -0.3 is 10.2 Å². The Labute approximate surface area is 159 Å². The highest BCUT2D eigenvalue weighted by Crippen LogP contribution is 2.33. The SMILES string of the molecule is O=C(c1cnc(NC2CCCc3ccccc32)c(Cl)c1)N1CCCCC1. The van der Waals surface area contributed by atoms with Gasteiger partial charge in [-0.15, -0.1) is 0 Å². The van der Waals surface area contributed by atoms with Gasteiger partial charge in [-0.25, -0.2) is 4.98 Å². The Bertz CT molecular complexity index is 802. The van der Waals surface area contributed by atoms with Crippen molar-refractivity contribution in [3.8, 4) is 0 Å². The van der Waals surface area contributed by atoms with E-state index < -0.39 is 0 Å². The van der Waals surface area contributed by atoms with Crippen LogP contribution in [-0.2, 0) is 6.42 Å². The molecule has 26 heavy (non-hydrogen) atoms. The van der Waals surface area contributed by atoms with Crippen LogP contribution in [0.5, 0.6) is 0 Å². The predicted octanol–water partition coefficient (Wildman–Crippen LogP) is 4.85. The van der Waals surface area contributed by atoms with Gasteiger partial charge in [-0.1, -0.05) is 35.9 Å². The zero-order valence-corrected chi connectivity index (χ0v) is 15.6. The van der Waals surface area contributed by atoms with E-state index in [2.05, 4.69) is 34.6 Å². The number of rotatable bonds is 3. The van der Waals surface area contributed by atoms with Crippen LogP contribution in [0.1, 0.15) is 59.6 Å². The van der Waals surface area contributed by atoms with Crippen LogP contribution in [-0.4, -0.2) is 28.9 Å². The van der Waals surface area contributed by atoms with Gasteiger partial charge in [0, 0.05) is 19.3 Å². The lowest BCUT2D eigenvalue weighted by Gasteiger charge is -2.28. The molecule has 5 heteroatoms. The molecule has 4 nitrogen and oxygen atoms in total. The van der Waals surface area contributed by atoms with Gasteiger partial charge >= 0.3 is 0 Å². The highest BCUT2D eigenvalue weighted by Gasteiger charge is 2.22. The van der Waals surface area contributed by atoms with Crippen LogP contribution in [0.25, 0.3) is 0 Å². The van der Waals surface area contributed by atoms with Crippen molar-refractivity contribution in [1.29, 1.82) is 0 Å². The number of carbonyl (C=O) groups excluding carboxylic acids is 1. The molecule has 1 aromatic heterocycles. The Morgan fingerprint density at radius 3 is 2.77 bits per heavy atom. The molecule has 1 aliphatic heterocycles. The molecule has 1 amide bonds. The number of anilines is 1. The average molecular weight is 370 g/mol. The monoisotopic (exact) mass is 369 g/mol. The molecule has 0 radical (unpaired) electrons. The summed E-state index contributed by atoms with van der Waals surface area (Å²) >= 11 is 6.46. The third kappa shape index (κ3) is 3.56. The van der Waals surface area contributed by atoms with Gasteiger partial charge in [0.1, 0.15) is 5.82 Å². The number of pyridine rings is 1. The number of benzene rings is 1. The Hall–Kier alpha value is -2.07. The van der Waals surface area contributed by atoms with Crippen molar-refractivity contribution in [3.05, 3.63) is 58.2 Å². The van der Waals surface area contributed by atoms with Crippen LogP contribution in [0.2, 0.25) is 5.02 Å². The zero-order chi connectivity index (χ0) is 17.9. The van der Waals surface area contributed by atoms with Crippen LogP contribution in [0.15, 0.2) is 36.5 Å². The fourth-order valence-electron chi connectivity index (χ4n) is 4.01. The number of amides is 1. The van der Waals surface area contributed by atoms with E-state index in [0.29, 0.717) is 16.4 Å². The molecular formula is C21H24ClN3O. The third-order valence-corrected chi connectivity index (χ3v) is 5.70. The first-order valence-electron chi connectivity index (χ1n) is 9.51. The van der Waals surface area contributed by atoms with Crippen molar-refractivity contribution >= 4 is 23.3 Å². The molecule has 1 aliphatic carbocycles. The van der Waals surface area contributed by atoms with E-state index in [4.69, 9.17) is 11.6 Å². The second-order valence-corrected chi connectivity index (χ2v) is 7.60. The lowest BCUT2D eigenvalue weighted by Crippen LogP contribution is -2.35. The standard InChI is InChI=1S/C21H24ClN3O/c22-18-13-16(21(26)25-11-4-1-5-12-25)14-23-20(18)24-19-10-6-8-15-7-2-3-9-17(15)19/h2-3,7,9,13-14,19H,1,4-6,8,10-12H2,(H,23,24). The maximum absolute atomic E-state index is 12.6. The van der Waals surface area contributed by atoms with Crippen molar-refractivity contribution < 1.29 is 4.79 Å². The molecule has 136 valence electrons. The molecule has 1 N–H and O–H groups in total. The normalized spacial score (nSPS) is 19.7. The number of piperidine rings is 1. The summed E-state index contributed by atoms with van der Waals surface area (Å²) in [4.78, 5) is 19.0. The summed E-state index contributed by atoms with van der Waals surface area (Å²) in [5.41, 5.74) is 3.29. The van der Waals surface area contributed by atoms with Gasteiger partial charge in [0.15, 0.2) is 0 Å². The molecule has 1 unspecified atom stereocenters. The second-order valence-electron chi connectivity index (χ2n) is 7.20. The maximum Gasteiger partial charge on any atom is 0.255 e. The zero-order valence-electron chi connectivity index (χ0n) is 14.9. The summed E-state index contributed by atoms with van der Waals surface area (Å²) < 4.78 is 0. The first-order chi connectivity index (χ1) is 12.7. The third-order valence-electron chi connectivity index (χ3n) is 5.41. The Morgan fingerprint density at radius 1 is 1.15 bits per heavy atom. The number of halogens is 1. The minimum atomic E-state index is 0.0358. The Kier molecular flexibility index (Phi) is 5.11. The number of aryl methyl sites for hydroxylation is 1. The van der Waals surface area contributed by atoms with Gasteiger partial charge in [0.25, 0.3) is 5.91 Å². The van der Waals surface area contributed by atoms with E-state index in [1.807, 2.05) is 4.90 Å². The number of aromatic nitrogens is 1. The fourth-order valence-corrected chi connectivity index (χ4v) is 4.23. The summed E-state index contributed by atoms with van der Waals surface area (Å²) in [6.07, 6.45) is 8.34. The highest BCUT2D eigenvalue weighted by molar-refractivity contribution is 6.33. The van der Waals surface area contributed by atoms with Gasteiger partial charge in [-0.2, -0.15) is 0 Å². The summed E-state index contributed by atoms with van der Waals surface area (Å²) in [5, 5.41) is 3.99. The van der Waals surface area contributed by atoms with Crippen molar-refractivity contribution in [2.45, 2.75) is 44.6 Å². The first-order valence-corrected chi connectivity index (χ1v) is 9.89. The fraction of sp³-hybridized carbons (Fsp3) is 0.429. The topological polar surface area (TPSA) is 45.2 Å². The van der Waals surface area contributed by atoms with Gasteiger partial charge in [-0.05, 0) is 55.7 Å². The lowest BCUT2D eigenvalue weighted by atomic mass is 9.88. The number of carbonyl (C=O) groups is 1. The molecule has 1 fully saturated rings. The Morgan fingerprint density at radius 2 is 1.96 bits per heavy atom. The van der Waals surface area contributed by atoms with Crippen molar-refractivity contribution in [1.82, 2.24) is 9.88 Å². The summed E-state index contributed by atoms with van der Waals surface area (Å²) in [7, 11) is 0. The molecular weight excluding hydrogens is 346 g/mol. The number of nitrogens with one attached hydrogen (secondary N) is 1. The quantitative estimate of drug-likeness (QED) is 0.841. The molecule has 2 aliphatic rings. The van der Waals surface area contributed by atoms with Crippen molar-refractivity contribution in [2.75, 3.05) is 18.4 Å². The van der Waals surface area contributed by atoms with Crippen LogP contribution < -0.4 is 5.32 Å². The van der Waals surface area contributed by atoms with E-state index in [0.717, 1.165) is 45.2 Å². The van der Waals surface area contributed by atoms with Gasteiger partial charge in [0.05, 0.1) is 16.6 Å². The van der Waals surface area contributed by atoms with E-state index in [1.165, 1.54) is 17.5 Å². The van der Waals surface area contributed by atoms with Gasteiger partial charge in [0.2, 0.25) is 0 Å². The summed E-state index contributed by atoms with van der Waals surface area (Å²) in [5.74, 6) is 0.692. The number of hydrogen-bond acceptors (Lipinski definition) is 3. The predicted molar refractivity (Wildman–Crippen MR) is 105 cm³/mol. The number of likely N-dealkylation sites (tertiary alicyclic amines) is 1. The van der Waals surface area contributed by atoms with Crippen molar-refractivity contribution in [2.24, 2.45) is 0 Å². The van der Waals surface area contributed by atoms with E-state index in [9.17, 15) is 4.79 Å². The molecule has 0 bridgehead atoms. The minimum Gasteiger partial charge on any atom is -0.362 e. The second kappa shape index (κ2) is 7.67. The van der Waals surface area contributed by atoms with E-state index in [-0.39, 0.29) is 11.9 Å². The largest absolute Gasteiger partial charge is 0.362 e. The number of fused-ring (bicyclic) bond motifs is 1. The van der Waals surface area contributed by atoms with Crippen molar-refractivity contribution in [3.63, 3.8) is 0 Å². The summed E-state index contributed by atoms with van der Waals surface area (Å²) in [6, 6.07) is 10.5. The number of hydrogen-bond donors (Lipinski definition) is 1. The molecule has 2 aromatic rings. The van der Waals surface area contributed by atoms with Crippen LogP contribution in [0.3, 0.4) is 0 Å². The average Bonchev–Trinajstić information content (AvgIpc) is 2.70. The molecule has 1 saturated heterocycles. The van der Waals surface area contributed by atoms with Crippen LogP contribution >= 0.6 is 11.6 Å². The molecule has 2 heterocycles. The molecule has 4 rings (SSSR count). The summed E-state index contributed by atoms with van der Waals surface area (Å²) in [6.45, 7) is 1.66. The molecule has 0 saturated carbocycles. The lowest BCUT2D eigenvalue weighted by molar-refractivity contribution is 0.0724. The highest BCUT2D eigenvalue weighted by atomic mass is 35.5. The Balaban J connectivity index is 1.51. The number of nitrogens with zero attached hydrogens (tertiary/aromatic N) is 2. The molecule has 0 spiro atoms. The first kappa shape index (κ1) is 17.3. The van der Waals surface area contributed by atoms with Gasteiger partial charge in [-0.3, -0.25) is 4.79 Å². The maximum atomic E-state index is 12.6.